The number of nitrogens with zero attached hydrogens (tertiary/aromatic N) is 4. The van der Waals surface area contributed by atoms with Crippen molar-refractivity contribution in [3.05, 3.63) is 199 Å². The number of para-hydroxylation sites is 3. The van der Waals surface area contributed by atoms with Crippen molar-refractivity contribution < 1.29 is 0 Å². The number of hydrogen-bond donors (Lipinski definition) is 0. The van der Waals surface area contributed by atoms with Crippen LogP contribution >= 0.6 is 0 Å². The summed E-state index contributed by atoms with van der Waals surface area (Å²) in [6.45, 7) is 7.76. The van der Waals surface area contributed by atoms with Crippen molar-refractivity contribution in [3.8, 4) is 50.8 Å². The van der Waals surface area contributed by atoms with Crippen LogP contribution in [-0.4, -0.2) is 9.13 Å². The van der Waals surface area contributed by atoms with Gasteiger partial charge in [0.15, 0.2) is 5.69 Å². The second-order valence-electron chi connectivity index (χ2n) is 13.6. The predicted octanol–water partition coefficient (Wildman–Crippen LogP) is 13.3. The molecule has 4 heteroatoms. The molecule has 0 radical (unpaired) electrons. The number of benzene rings is 8. The van der Waals surface area contributed by atoms with Gasteiger partial charge in [-0.2, -0.15) is 5.26 Å². The lowest BCUT2D eigenvalue weighted by Crippen LogP contribution is -2.02. The molecule has 0 N–H and O–H groups in total. The Morgan fingerprint density at radius 1 is 0.426 bits per heavy atom. The van der Waals surface area contributed by atoms with Crippen molar-refractivity contribution in [1.82, 2.24) is 9.13 Å². The highest BCUT2D eigenvalue weighted by Gasteiger charge is 2.22. The molecule has 0 atom stereocenters. The lowest BCUT2D eigenvalue weighted by Gasteiger charge is -2.21. The van der Waals surface area contributed by atoms with E-state index in [4.69, 9.17) is 6.57 Å². The van der Waals surface area contributed by atoms with E-state index < -0.39 is 0 Å². The zero-order valence-electron chi connectivity index (χ0n) is 29.1. The van der Waals surface area contributed by atoms with E-state index >= 15 is 0 Å². The van der Waals surface area contributed by atoms with Crippen LogP contribution in [0.4, 0.5) is 5.69 Å². The summed E-state index contributed by atoms with van der Waals surface area (Å²) in [4.78, 5) is 3.70. The smallest absolute Gasteiger partial charge is 0.189 e. The molecule has 10 rings (SSSR count). The summed E-state index contributed by atoms with van der Waals surface area (Å²) in [5.41, 5.74) is 13.7. The number of aromatic nitrogens is 2. The molecule has 0 saturated heterocycles. The molecule has 0 aliphatic heterocycles. The van der Waals surface area contributed by atoms with E-state index in [1.165, 1.54) is 27.2 Å². The van der Waals surface area contributed by atoms with Gasteiger partial charge in [0, 0.05) is 43.9 Å². The maximum Gasteiger partial charge on any atom is 0.189 e. The van der Waals surface area contributed by atoms with E-state index in [-0.39, 0.29) is 0 Å². The van der Waals surface area contributed by atoms with Crippen LogP contribution in [0.2, 0.25) is 0 Å². The van der Waals surface area contributed by atoms with Gasteiger partial charge in [-0.15, -0.1) is 0 Å². The third-order valence-electron chi connectivity index (χ3n) is 10.5. The van der Waals surface area contributed by atoms with Crippen molar-refractivity contribution in [2.45, 2.75) is 0 Å². The van der Waals surface area contributed by atoms with Crippen LogP contribution in [-0.2, 0) is 0 Å². The number of rotatable bonds is 5. The van der Waals surface area contributed by atoms with Gasteiger partial charge in [-0.3, -0.25) is 0 Å². The third kappa shape index (κ3) is 4.90. The average Bonchev–Trinajstić information content (AvgIpc) is 3.76. The van der Waals surface area contributed by atoms with Crippen LogP contribution in [0.5, 0.6) is 0 Å². The maximum atomic E-state index is 9.89. The standard InChI is InChI=1S/C50H30N4/c1-52-38-27-33(32-51)26-36(28-38)37-29-43(34-14-4-2-5-15-34)50(44(30-37)35-16-6-3-7-17-35)54-48-23-13-10-20-42(48)45-31-39(24-25-49(45)54)53-46-21-11-8-18-40(46)41-19-9-12-22-47(41)53/h2-31H. The molecule has 2 aromatic heterocycles. The second kappa shape index (κ2) is 12.5. The first-order valence-electron chi connectivity index (χ1n) is 17.9. The summed E-state index contributed by atoms with van der Waals surface area (Å²) >= 11 is 0. The van der Waals surface area contributed by atoms with Gasteiger partial charge < -0.3 is 9.13 Å². The Balaban J connectivity index is 1.31. The van der Waals surface area contributed by atoms with Gasteiger partial charge in [-0.05, 0) is 89.0 Å². The zero-order chi connectivity index (χ0) is 36.2. The fourth-order valence-corrected chi connectivity index (χ4v) is 8.17. The van der Waals surface area contributed by atoms with Crippen molar-refractivity contribution in [1.29, 1.82) is 5.26 Å². The van der Waals surface area contributed by atoms with Gasteiger partial charge in [-0.25, -0.2) is 4.85 Å². The molecular weight excluding hydrogens is 657 g/mol. The topological polar surface area (TPSA) is 38.0 Å². The maximum absolute atomic E-state index is 9.89. The molecule has 0 aliphatic rings. The summed E-state index contributed by atoms with van der Waals surface area (Å²) in [7, 11) is 0. The Bertz CT molecular complexity index is 3020. The third-order valence-corrected chi connectivity index (χ3v) is 10.5. The van der Waals surface area contributed by atoms with Crippen LogP contribution in [0.3, 0.4) is 0 Å². The molecule has 0 aliphatic carbocycles. The van der Waals surface area contributed by atoms with Gasteiger partial charge in [0.2, 0.25) is 0 Å². The fraction of sp³-hybridized carbons (Fsp3) is 0. The van der Waals surface area contributed by atoms with E-state index in [9.17, 15) is 5.26 Å². The second-order valence-corrected chi connectivity index (χ2v) is 13.6. The minimum absolute atomic E-state index is 0.442. The molecule has 2 heterocycles. The molecule has 8 aromatic carbocycles. The van der Waals surface area contributed by atoms with E-state index in [1.54, 1.807) is 6.07 Å². The summed E-state index contributed by atoms with van der Waals surface area (Å²) in [6.07, 6.45) is 0. The van der Waals surface area contributed by atoms with Crippen LogP contribution in [0, 0.1) is 17.9 Å². The SMILES string of the molecule is [C-]#[N+]c1cc(C#N)cc(-c2cc(-c3ccccc3)c(-n3c4ccccc4c4cc(-n5c6ccccc6c6ccccc65)ccc43)c(-c3ccccc3)c2)c1. The van der Waals surface area contributed by atoms with Crippen LogP contribution in [0.15, 0.2) is 182 Å². The highest BCUT2D eigenvalue weighted by atomic mass is 15.0. The van der Waals surface area contributed by atoms with Crippen LogP contribution in [0.25, 0.3) is 93.2 Å². The Morgan fingerprint density at radius 2 is 0.907 bits per heavy atom. The molecule has 0 unspecified atom stereocenters. The minimum atomic E-state index is 0.442. The molecule has 0 fully saturated rings. The molecule has 0 saturated carbocycles. The van der Waals surface area contributed by atoms with Crippen molar-refractivity contribution >= 4 is 49.3 Å². The predicted molar refractivity (Wildman–Crippen MR) is 222 cm³/mol. The van der Waals surface area contributed by atoms with Gasteiger partial charge in [0.05, 0.1) is 40.4 Å². The summed E-state index contributed by atoms with van der Waals surface area (Å²) in [5, 5.41) is 14.7. The molecule has 54 heavy (non-hydrogen) atoms. The van der Waals surface area contributed by atoms with Gasteiger partial charge >= 0.3 is 0 Å². The first-order valence-corrected chi connectivity index (χ1v) is 17.9. The Labute approximate surface area is 312 Å². The van der Waals surface area contributed by atoms with Crippen molar-refractivity contribution in [3.63, 3.8) is 0 Å². The van der Waals surface area contributed by atoms with Crippen molar-refractivity contribution in [2.24, 2.45) is 0 Å². The Morgan fingerprint density at radius 3 is 1.46 bits per heavy atom. The Kier molecular flexibility index (Phi) is 7.22. The lowest BCUT2D eigenvalue weighted by atomic mass is 9.90. The highest BCUT2D eigenvalue weighted by molar-refractivity contribution is 6.13. The largest absolute Gasteiger partial charge is 0.309 e. The van der Waals surface area contributed by atoms with E-state index in [0.29, 0.717) is 11.3 Å². The number of fused-ring (bicyclic) bond motifs is 6. The van der Waals surface area contributed by atoms with Gasteiger partial charge in [0.25, 0.3) is 0 Å². The van der Waals surface area contributed by atoms with E-state index in [1.807, 2.05) is 24.3 Å². The van der Waals surface area contributed by atoms with Crippen molar-refractivity contribution in [2.75, 3.05) is 0 Å². The lowest BCUT2D eigenvalue weighted by molar-refractivity contribution is 1.17. The van der Waals surface area contributed by atoms with Gasteiger partial charge in [-0.1, -0.05) is 115 Å². The van der Waals surface area contributed by atoms with E-state index in [0.717, 1.165) is 61.2 Å². The molecule has 10 aromatic rings. The summed E-state index contributed by atoms with van der Waals surface area (Å²) in [5.74, 6) is 0. The minimum Gasteiger partial charge on any atom is -0.309 e. The molecule has 0 spiro atoms. The van der Waals surface area contributed by atoms with Gasteiger partial charge in [0.1, 0.15) is 0 Å². The average molecular weight is 687 g/mol. The Hall–Kier alpha value is -7.66. The fourth-order valence-electron chi connectivity index (χ4n) is 8.17. The molecule has 250 valence electrons. The van der Waals surface area contributed by atoms with Crippen LogP contribution in [0.1, 0.15) is 5.56 Å². The number of hydrogen-bond acceptors (Lipinski definition) is 1. The van der Waals surface area contributed by atoms with Crippen LogP contribution < -0.4 is 0 Å². The number of nitriles is 1. The first kappa shape index (κ1) is 31.1. The normalized spacial score (nSPS) is 11.3. The molecular formula is C50H30N4. The summed E-state index contributed by atoms with van der Waals surface area (Å²) < 4.78 is 4.80. The van der Waals surface area contributed by atoms with E-state index in [2.05, 4.69) is 172 Å². The monoisotopic (exact) mass is 686 g/mol. The molecule has 0 bridgehead atoms. The highest BCUT2D eigenvalue weighted by Crippen LogP contribution is 2.45. The molecule has 0 amide bonds. The molecule has 4 nitrogen and oxygen atoms in total. The first-order chi connectivity index (χ1) is 26.7. The zero-order valence-corrected chi connectivity index (χ0v) is 29.1. The summed E-state index contributed by atoms with van der Waals surface area (Å²) in [6, 6.07) is 65.9. The quantitative estimate of drug-likeness (QED) is 0.166.